The largest absolute Gasteiger partial charge is 0.341 e. The summed E-state index contributed by atoms with van der Waals surface area (Å²) in [6.07, 6.45) is 10.5. The van der Waals surface area contributed by atoms with Crippen molar-refractivity contribution in [1.82, 2.24) is 10.6 Å². The highest BCUT2D eigenvalue weighted by Gasteiger charge is 2.68. The molecule has 206 valence electrons. The van der Waals surface area contributed by atoms with Gasteiger partial charge in [0.2, 0.25) is 0 Å². The molecule has 0 aromatic rings. The summed E-state index contributed by atoms with van der Waals surface area (Å²) in [5.41, 5.74) is 1.45. The van der Waals surface area contributed by atoms with Crippen molar-refractivity contribution in [2.24, 2.45) is 45.3 Å². The summed E-state index contributed by atoms with van der Waals surface area (Å²) in [7, 11) is 1.68. The second-order valence-electron chi connectivity index (χ2n) is 14.7. The van der Waals surface area contributed by atoms with Gasteiger partial charge in [-0.15, -0.1) is 0 Å². The van der Waals surface area contributed by atoms with Crippen molar-refractivity contribution in [1.29, 1.82) is 5.26 Å². The number of ketones is 1. The highest BCUT2D eigenvalue weighted by molar-refractivity contribution is 6.02. The Kier molecular flexibility index (Phi) is 6.10. The molecular formula is C32H45N3O3. The van der Waals surface area contributed by atoms with Gasteiger partial charge in [0.25, 0.3) is 0 Å². The summed E-state index contributed by atoms with van der Waals surface area (Å²) in [5.74, 6) is 0.350. The second-order valence-corrected chi connectivity index (χ2v) is 14.7. The number of carbonyl (C=O) groups excluding carboxylic acids is 3. The van der Waals surface area contributed by atoms with Crippen LogP contribution in [0.3, 0.4) is 0 Å². The Morgan fingerprint density at radius 3 is 2.37 bits per heavy atom. The molecular weight excluding hydrogens is 474 g/mol. The maximum absolute atomic E-state index is 13.0. The van der Waals surface area contributed by atoms with E-state index in [1.165, 1.54) is 5.57 Å². The Morgan fingerprint density at radius 2 is 1.74 bits per heavy atom. The van der Waals surface area contributed by atoms with Crippen molar-refractivity contribution in [3.05, 3.63) is 22.8 Å². The average molecular weight is 520 g/mol. The van der Waals surface area contributed by atoms with E-state index in [2.05, 4.69) is 51.3 Å². The number of nitrogens with zero attached hydrogens (tertiary/aromatic N) is 1. The number of allylic oxidation sites excluding steroid dienone is 4. The number of aldehydes is 1. The van der Waals surface area contributed by atoms with Crippen molar-refractivity contribution in [2.75, 3.05) is 7.05 Å². The van der Waals surface area contributed by atoms with Crippen molar-refractivity contribution < 1.29 is 14.4 Å². The molecule has 0 spiro atoms. The van der Waals surface area contributed by atoms with E-state index in [0.717, 1.165) is 56.8 Å². The molecule has 8 atom stereocenters. The van der Waals surface area contributed by atoms with Gasteiger partial charge in [-0.1, -0.05) is 47.6 Å². The lowest BCUT2D eigenvalue weighted by atomic mass is 9.35. The fourth-order valence-corrected chi connectivity index (χ4v) is 10.3. The Labute approximate surface area is 228 Å². The zero-order chi connectivity index (χ0) is 27.9. The predicted molar refractivity (Wildman–Crippen MR) is 147 cm³/mol. The van der Waals surface area contributed by atoms with Crippen LogP contribution >= 0.6 is 0 Å². The van der Waals surface area contributed by atoms with Crippen molar-refractivity contribution >= 4 is 18.1 Å². The molecule has 0 radical (unpaired) electrons. The molecule has 0 aromatic heterocycles. The van der Waals surface area contributed by atoms with Gasteiger partial charge in [0.05, 0.1) is 5.57 Å². The zero-order valence-corrected chi connectivity index (χ0v) is 24.3. The molecule has 38 heavy (non-hydrogen) atoms. The molecule has 6 nitrogen and oxygen atoms in total. The van der Waals surface area contributed by atoms with Crippen molar-refractivity contribution in [3.63, 3.8) is 0 Å². The molecule has 5 rings (SSSR count). The number of amides is 2. The number of nitriles is 1. The molecule has 0 aromatic carbocycles. The molecule has 2 amide bonds. The lowest BCUT2D eigenvalue weighted by Crippen LogP contribution is -2.69. The SMILES string of the molecule is CNC(=O)N[C@]12CCC(C)(C)CC1C1CC(C=O)=C3[C@@]4(C)C=C(C#N)C(=O)[C@@H](C)[C@@H]4CC[C@@]3(C)[C@]1(C)CC2. The van der Waals surface area contributed by atoms with Crippen LogP contribution in [0.1, 0.15) is 92.9 Å². The number of rotatable bonds is 2. The number of Topliss-reactive ketones (excluding diaryl/α,β-unsaturated/α-hetero) is 1. The third kappa shape index (κ3) is 3.45. The van der Waals surface area contributed by atoms with Gasteiger partial charge >= 0.3 is 6.03 Å². The number of urea groups is 1. The number of hydrogen-bond donors (Lipinski definition) is 2. The normalized spacial score (nSPS) is 45.3. The first-order valence-electron chi connectivity index (χ1n) is 14.6. The van der Waals surface area contributed by atoms with Crippen LogP contribution in [-0.2, 0) is 9.59 Å². The molecule has 6 heteroatoms. The highest BCUT2D eigenvalue weighted by Crippen LogP contribution is 2.74. The van der Waals surface area contributed by atoms with Crippen LogP contribution in [-0.4, -0.2) is 30.7 Å². The van der Waals surface area contributed by atoms with Crippen LogP contribution in [0, 0.1) is 56.7 Å². The van der Waals surface area contributed by atoms with Gasteiger partial charge in [-0.3, -0.25) is 9.59 Å². The van der Waals surface area contributed by atoms with E-state index in [9.17, 15) is 19.6 Å². The van der Waals surface area contributed by atoms with Crippen LogP contribution in [0.5, 0.6) is 0 Å². The first-order chi connectivity index (χ1) is 17.7. The summed E-state index contributed by atoms with van der Waals surface area (Å²) in [6, 6.07) is 2.06. The van der Waals surface area contributed by atoms with Gasteiger partial charge in [0.1, 0.15) is 12.4 Å². The molecule has 3 fully saturated rings. The molecule has 0 saturated heterocycles. The monoisotopic (exact) mass is 519 g/mol. The van der Waals surface area contributed by atoms with Crippen molar-refractivity contribution in [2.45, 2.75) is 98.4 Å². The minimum absolute atomic E-state index is 0.0554. The van der Waals surface area contributed by atoms with Crippen LogP contribution in [0.2, 0.25) is 0 Å². The Balaban J connectivity index is 1.69. The predicted octanol–water partition coefficient (Wildman–Crippen LogP) is 5.89. The number of hydrogen-bond acceptors (Lipinski definition) is 4. The van der Waals surface area contributed by atoms with E-state index in [1.54, 1.807) is 7.05 Å². The minimum Gasteiger partial charge on any atom is -0.341 e. The second kappa shape index (κ2) is 8.54. The number of fused-ring (bicyclic) bond motifs is 7. The molecule has 0 aliphatic heterocycles. The summed E-state index contributed by atoms with van der Waals surface area (Å²) in [6.45, 7) is 13.7. The zero-order valence-electron chi connectivity index (χ0n) is 24.3. The maximum atomic E-state index is 13.0. The molecule has 0 bridgehead atoms. The first-order valence-corrected chi connectivity index (χ1v) is 14.6. The summed E-state index contributed by atoms with van der Waals surface area (Å²) < 4.78 is 0. The summed E-state index contributed by atoms with van der Waals surface area (Å²) in [5, 5.41) is 16.1. The minimum atomic E-state index is -0.490. The quantitative estimate of drug-likeness (QED) is 0.445. The van der Waals surface area contributed by atoms with Gasteiger partial charge in [-0.2, -0.15) is 5.26 Å². The third-order valence-corrected chi connectivity index (χ3v) is 12.5. The van der Waals surface area contributed by atoms with Crippen LogP contribution < -0.4 is 10.6 Å². The summed E-state index contributed by atoms with van der Waals surface area (Å²) in [4.78, 5) is 38.6. The van der Waals surface area contributed by atoms with E-state index in [4.69, 9.17) is 0 Å². The molecule has 5 aliphatic carbocycles. The van der Waals surface area contributed by atoms with E-state index < -0.39 is 5.41 Å². The Morgan fingerprint density at radius 1 is 1.05 bits per heavy atom. The average Bonchev–Trinajstić information content (AvgIpc) is 2.87. The maximum Gasteiger partial charge on any atom is 0.314 e. The molecule has 0 heterocycles. The van der Waals surface area contributed by atoms with Gasteiger partial charge in [0.15, 0.2) is 5.78 Å². The molecule has 3 saturated carbocycles. The van der Waals surface area contributed by atoms with Crippen LogP contribution in [0.15, 0.2) is 22.8 Å². The van der Waals surface area contributed by atoms with Crippen LogP contribution in [0.4, 0.5) is 4.79 Å². The molecule has 2 unspecified atom stereocenters. The van der Waals surface area contributed by atoms with E-state index in [1.807, 2.05) is 13.0 Å². The highest BCUT2D eigenvalue weighted by atomic mass is 16.2. The first kappa shape index (κ1) is 27.2. The van der Waals surface area contributed by atoms with Gasteiger partial charge in [0, 0.05) is 23.9 Å². The third-order valence-electron chi connectivity index (χ3n) is 12.5. The Hall–Kier alpha value is -2.42. The van der Waals surface area contributed by atoms with Crippen LogP contribution in [0.25, 0.3) is 0 Å². The molecule has 5 aliphatic rings. The fraction of sp³-hybridized carbons (Fsp3) is 0.750. The van der Waals surface area contributed by atoms with Gasteiger partial charge in [-0.05, 0) is 96.5 Å². The number of nitrogens with one attached hydrogen (secondary N) is 2. The molecule has 2 N–H and O–H groups in total. The lowest BCUT2D eigenvalue weighted by molar-refractivity contribution is -0.141. The number of carbonyl (C=O) groups is 3. The van der Waals surface area contributed by atoms with Gasteiger partial charge < -0.3 is 10.6 Å². The van der Waals surface area contributed by atoms with Crippen molar-refractivity contribution in [3.8, 4) is 6.07 Å². The lowest BCUT2D eigenvalue weighted by Gasteiger charge is -2.70. The van der Waals surface area contributed by atoms with Gasteiger partial charge in [-0.25, -0.2) is 4.79 Å². The van der Waals surface area contributed by atoms with E-state index in [0.29, 0.717) is 6.42 Å². The topological polar surface area (TPSA) is 99.1 Å². The fourth-order valence-electron chi connectivity index (χ4n) is 10.3. The Bertz CT molecular complexity index is 1190. The summed E-state index contributed by atoms with van der Waals surface area (Å²) >= 11 is 0. The smallest absolute Gasteiger partial charge is 0.314 e. The van der Waals surface area contributed by atoms with E-state index in [-0.39, 0.29) is 62.8 Å². The standard InChI is InChI=1S/C32H45N3O3/c1-19-22-8-9-31(6)26(29(22,4)15-21(17-33)25(19)37)20(18-36)14-23-24-16-28(2,3)10-12-32(24,35-27(38)34-7)13-11-30(23,31)5/h15,18-19,22-24H,8-14,16H2,1-7H3,(H2,34,35,38)/t19-,22-,23?,24?,29-,30+,31+,32-/m0/s1. The van der Waals surface area contributed by atoms with E-state index >= 15 is 0 Å².